The Kier molecular flexibility index (Phi) is 9.15. The van der Waals surface area contributed by atoms with E-state index in [1.807, 2.05) is 71.7 Å². The molecule has 2 atom stereocenters. The summed E-state index contributed by atoms with van der Waals surface area (Å²) in [5, 5.41) is 12.7. The van der Waals surface area contributed by atoms with Crippen LogP contribution in [0.3, 0.4) is 0 Å². The van der Waals surface area contributed by atoms with Gasteiger partial charge in [-0.15, -0.1) is 0 Å². The van der Waals surface area contributed by atoms with Crippen LogP contribution in [0.25, 0.3) is 0 Å². The van der Waals surface area contributed by atoms with Gasteiger partial charge in [0.25, 0.3) is 0 Å². The van der Waals surface area contributed by atoms with Crippen molar-refractivity contribution in [1.29, 1.82) is 0 Å². The third kappa shape index (κ3) is 7.49. The predicted molar refractivity (Wildman–Crippen MR) is 154 cm³/mol. The van der Waals surface area contributed by atoms with E-state index in [1.165, 1.54) is 11.9 Å². The zero-order valence-electron chi connectivity index (χ0n) is 20.1. The topological polar surface area (TPSA) is 100 Å². The standard InChI is InChI=1S/C26H27Cl2N5O2S2/c1-18(37(29,34)35)15-16-30-26(32-36-23-13-11-22(28)12-14-23)33-17-24(19-5-3-2-4-6-19)25(31-33)20-7-9-21(27)10-8-20/h2-14,18,24H,15-17H2,1H3,(H,30,32)(H2,29,34,35). The zero-order valence-corrected chi connectivity index (χ0v) is 23.2. The van der Waals surface area contributed by atoms with Crippen molar-refractivity contribution in [1.82, 2.24) is 9.73 Å². The Hall–Kier alpha value is -2.56. The van der Waals surface area contributed by atoms with Crippen LogP contribution in [-0.2, 0) is 10.0 Å². The van der Waals surface area contributed by atoms with Crippen molar-refractivity contribution in [3.63, 3.8) is 0 Å². The smallest absolute Gasteiger partial charge is 0.225 e. The van der Waals surface area contributed by atoms with Crippen LogP contribution in [0.1, 0.15) is 30.4 Å². The molecule has 3 aromatic carbocycles. The van der Waals surface area contributed by atoms with Crippen LogP contribution >= 0.6 is 35.1 Å². The van der Waals surface area contributed by atoms with Gasteiger partial charge in [-0.1, -0.05) is 65.7 Å². The van der Waals surface area contributed by atoms with Gasteiger partial charge in [0.1, 0.15) is 0 Å². The molecular formula is C26H27Cl2N5O2S2. The lowest BCUT2D eigenvalue weighted by atomic mass is 9.91. The highest BCUT2D eigenvalue weighted by molar-refractivity contribution is 7.98. The summed E-state index contributed by atoms with van der Waals surface area (Å²) in [6, 6.07) is 25.2. The average molecular weight is 577 g/mol. The largest absolute Gasteiger partial charge is 0.295 e. The van der Waals surface area contributed by atoms with Crippen LogP contribution in [0.5, 0.6) is 0 Å². The Morgan fingerprint density at radius 1 is 1.08 bits per heavy atom. The molecule has 1 aliphatic heterocycles. The number of rotatable bonds is 8. The van der Waals surface area contributed by atoms with Gasteiger partial charge in [0.2, 0.25) is 16.0 Å². The van der Waals surface area contributed by atoms with Crippen molar-refractivity contribution in [3.8, 4) is 0 Å². The van der Waals surface area contributed by atoms with Crippen molar-refractivity contribution in [3.05, 3.63) is 100 Å². The molecule has 1 heterocycles. The lowest BCUT2D eigenvalue weighted by molar-refractivity contribution is 0.463. The van der Waals surface area contributed by atoms with Gasteiger partial charge in [-0.05, 0) is 72.8 Å². The van der Waals surface area contributed by atoms with E-state index in [2.05, 4.69) is 16.9 Å². The summed E-state index contributed by atoms with van der Waals surface area (Å²) in [5.41, 5.74) is 2.99. The van der Waals surface area contributed by atoms with Gasteiger partial charge in [0.15, 0.2) is 0 Å². The second-order valence-corrected chi connectivity index (χ2v) is 12.3. The molecule has 0 aliphatic carbocycles. The van der Waals surface area contributed by atoms with Gasteiger partial charge in [0, 0.05) is 27.4 Å². The fourth-order valence-electron chi connectivity index (χ4n) is 3.75. The first-order valence-electron chi connectivity index (χ1n) is 11.6. The second-order valence-electron chi connectivity index (χ2n) is 8.59. The van der Waals surface area contributed by atoms with E-state index < -0.39 is 15.3 Å². The van der Waals surface area contributed by atoms with Gasteiger partial charge in [-0.3, -0.25) is 9.71 Å². The molecule has 2 unspecified atom stereocenters. The number of nitrogens with one attached hydrogen (secondary N) is 1. The van der Waals surface area contributed by atoms with Gasteiger partial charge < -0.3 is 0 Å². The second kappa shape index (κ2) is 12.3. The zero-order chi connectivity index (χ0) is 26.4. The molecule has 3 aromatic rings. The van der Waals surface area contributed by atoms with Gasteiger partial charge in [0.05, 0.1) is 17.5 Å². The Bertz CT molecular complexity index is 1370. The molecule has 194 valence electrons. The van der Waals surface area contributed by atoms with E-state index in [4.69, 9.17) is 38.4 Å². The maximum atomic E-state index is 11.7. The lowest BCUT2D eigenvalue weighted by Crippen LogP contribution is -2.35. The maximum Gasteiger partial charge on any atom is 0.225 e. The molecule has 4 rings (SSSR count). The quantitative estimate of drug-likeness (QED) is 0.209. The van der Waals surface area contributed by atoms with E-state index in [9.17, 15) is 8.42 Å². The third-order valence-electron chi connectivity index (χ3n) is 5.93. The third-order valence-corrected chi connectivity index (χ3v) is 8.59. The molecule has 0 saturated carbocycles. The first-order valence-corrected chi connectivity index (χ1v) is 14.8. The van der Waals surface area contributed by atoms with Crippen LogP contribution in [0.4, 0.5) is 0 Å². The van der Waals surface area contributed by atoms with E-state index in [0.717, 1.165) is 21.7 Å². The van der Waals surface area contributed by atoms with Crippen LogP contribution in [0, 0.1) is 0 Å². The van der Waals surface area contributed by atoms with Crippen molar-refractivity contribution in [2.75, 3.05) is 13.1 Å². The van der Waals surface area contributed by atoms with E-state index in [1.54, 1.807) is 6.92 Å². The van der Waals surface area contributed by atoms with Crippen LogP contribution in [0.2, 0.25) is 10.0 Å². The normalized spacial score (nSPS) is 17.0. The van der Waals surface area contributed by atoms with Crippen molar-refractivity contribution in [2.24, 2.45) is 15.2 Å². The highest BCUT2D eigenvalue weighted by Crippen LogP contribution is 2.30. The fourth-order valence-corrected chi connectivity index (χ4v) is 5.09. The molecule has 7 nitrogen and oxygen atoms in total. The fraction of sp³-hybridized carbons (Fsp3) is 0.231. The molecule has 0 aromatic heterocycles. The summed E-state index contributed by atoms with van der Waals surface area (Å²) < 4.78 is 26.7. The molecule has 0 fully saturated rings. The summed E-state index contributed by atoms with van der Waals surface area (Å²) in [5.74, 6) is 0.518. The van der Waals surface area contributed by atoms with E-state index in [0.29, 0.717) is 29.0 Å². The number of aliphatic imine (C=N–C) groups is 1. The number of primary sulfonamides is 1. The Morgan fingerprint density at radius 2 is 1.70 bits per heavy atom. The van der Waals surface area contributed by atoms with E-state index in [-0.39, 0.29) is 12.5 Å². The minimum atomic E-state index is -3.63. The van der Waals surface area contributed by atoms with Crippen LogP contribution in [0.15, 0.2) is 93.9 Å². The highest BCUT2D eigenvalue weighted by atomic mass is 35.5. The minimum absolute atomic E-state index is 0.00162. The number of sulfonamides is 1. The van der Waals surface area contributed by atoms with Crippen molar-refractivity contribution in [2.45, 2.75) is 29.4 Å². The van der Waals surface area contributed by atoms with Crippen LogP contribution < -0.4 is 9.86 Å². The molecule has 3 N–H and O–H groups in total. The minimum Gasteiger partial charge on any atom is -0.295 e. The Balaban J connectivity index is 1.64. The first-order chi connectivity index (χ1) is 17.7. The molecular weight excluding hydrogens is 549 g/mol. The number of nitrogens with zero attached hydrogens (tertiary/aromatic N) is 3. The molecule has 0 amide bonds. The molecule has 11 heteroatoms. The summed E-state index contributed by atoms with van der Waals surface area (Å²) in [4.78, 5) is 5.64. The van der Waals surface area contributed by atoms with Crippen molar-refractivity contribution < 1.29 is 8.42 Å². The number of nitrogens with two attached hydrogens (primary N) is 1. The molecule has 1 aliphatic rings. The Morgan fingerprint density at radius 3 is 2.32 bits per heavy atom. The summed E-state index contributed by atoms with van der Waals surface area (Å²) in [6.45, 7) is 2.40. The first kappa shape index (κ1) is 27.5. The molecule has 0 bridgehead atoms. The van der Waals surface area contributed by atoms with Gasteiger partial charge in [-0.2, -0.15) is 5.10 Å². The number of guanidine groups is 1. The maximum absolute atomic E-state index is 11.7. The monoisotopic (exact) mass is 575 g/mol. The van der Waals surface area contributed by atoms with E-state index >= 15 is 0 Å². The molecule has 37 heavy (non-hydrogen) atoms. The number of hydrazone groups is 1. The number of benzene rings is 3. The number of hydrogen-bond donors (Lipinski definition) is 2. The van der Waals surface area contributed by atoms with Crippen LogP contribution in [-0.4, -0.2) is 43.4 Å². The van der Waals surface area contributed by atoms with Gasteiger partial charge >= 0.3 is 0 Å². The number of hydrogen-bond acceptors (Lipinski definition) is 5. The summed E-state index contributed by atoms with van der Waals surface area (Å²) in [6.07, 6.45) is 0.291. The summed E-state index contributed by atoms with van der Waals surface area (Å²) in [7, 11) is -3.63. The van der Waals surface area contributed by atoms with Gasteiger partial charge in [-0.25, -0.2) is 18.6 Å². The SMILES string of the molecule is CC(CCN=C(NSc1ccc(Cl)cc1)N1CC(c2ccccc2)C(c2ccc(Cl)cc2)=N1)S(N)(=O)=O. The molecule has 0 saturated heterocycles. The predicted octanol–water partition coefficient (Wildman–Crippen LogP) is 5.52. The Labute approximate surface area is 231 Å². The van der Waals surface area contributed by atoms with Crippen molar-refractivity contribution >= 4 is 56.8 Å². The summed E-state index contributed by atoms with van der Waals surface area (Å²) >= 11 is 13.5. The molecule has 0 spiro atoms. The lowest BCUT2D eigenvalue weighted by Gasteiger charge is -2.19. The number of halogens is 2. The molecule has 0 radical (unpaired) electrons. The highest BCUT2D eigenvalue weighted by Gasteiger charge is 2.31. The average Bonchev–Trinajstić information content (AvgIpc) is 3.32.